The molecule has 2 aromatic heterocycles. The maximum absolute atomic E-state index is 12.7. The predicted molar refractivity (Wildman–Crippen MR) is 74.4 cm³/mol. The summed E-state index contributed by atoms with van der Waals surface area (Å²) in [5.74, 6) is 1.75. The molecule has 0 bridgehead atoms. The molecule has 2 fully saturated rings. The number of Topliss-reactive ketones (excluding diaryl/α,β-unsaturated/α-hetero) is 1. The molecule has 4 rings (SSSR count). The number of carbonyl (C=O) groups is 1. The highest BCUT2D eigenvalue weighted by atomic mass is 35.5. The van der Waals surface area contributed by atoms with Crippen molar-refractivity contribution in [1.29, 1.82) is 0 Å². The zero-order valence-corrected chi connectivity index (χ0v) is 11.3. The third-order valence-electron chi connectivity index (χ3n) is 4.75. The summed E-state index contributed by atoms with van der Waals surface area (Å²) in [6.07, 6.45) is 8.43. The van der Waals surface area contributed by atoms with E-state index in [9.17, 15) is 4.79 Å². The summed E-state index contributed by atoms with van der Waals surface area (Å²) < 4.78 is 0. The summed E-state index contributed by atoms with van der Waals surface area (Å²) in [7, 11) is 0. The van der Waals surface area contributed by atoms with Gasteiger partial charge in [0.25, 0.3) is 0 Å². The van der Waals surface area contributed by atoms with Gasteiger partial charge in [-0.05, 0) is 30.7 Å². The van der Waals surface area contributed by atoms with E-state index in [2.05, 4.69) is 9.97 Å². The second-order valence-corrected chi connectivity index (χ2v) is 6.13. The van der Waals surface area contributed by atoms with Gasteiger partial charge >= 0.3 is 0 Å². The Morgan fingerprint density at radius 1 is 1.32 bits per heavy atom. The molecule has 0 radical (unpaired) electrons. The maximum Gasteiger partial charge on any atom is 0.168 e. The van der Waals surface area contributed by atoms with Crippen LogP contribution in [0, 0.1) is 17.8 Å². The van der Waals surface area contributed by atoms with E-state index in [0.29, 0.717) is 22.5 Å². The largest absolute Gasteiger partial charge is 0.345 e. The lowest BCUT2D eigenvalue weighted by molar-refractivity contribution is 0.0958. The Hall–Kier alpha value is -1.35. The smallest absolute Gasteiger partial charge is 0.168 e. The SMILES string of the molecule is O=C(c1c[nH]c2nccc(Cl)c12)C1C2CCCCC21. The van der Waals surface area contributed by atoms with Crippen molar-refractivity contribution >= 4 is 28.4 Å². The molecule has 0 amide bonds. The molecular formula is C15H15ClN2O. The fourth-order valence-corrected chi connectivity index (χ4v) is 4.02. The summed E-state index contributed by atoms with van der Waals surface area (Å²) in [6, 6.07) is 1.74. The molecule has 2 unspecified atom stereocenters. The molecule has 4 heteroatoms. The van der Waals surface area contributed by atoms with Crippen LogP contribution in [0.3, 0.4) is 0 Å². The average Bonchev–Trinajstić information content (AvgIpc) is 2.99. The van der Waals surface area contributed by atoms with Crippen molar-refractivity contribution in [2.45, 2.75) is 25.7 Å². The zero-order chi connectivity index (χ0) is 13.0. The number of hydrogen-bond acceptors (Lipinski definition) is 2. The van der Waals surface area contributed by atoms with Gasteiger partial charge in [0, 0.05) is 29.3 Å². The quantitative estimate of drug-likeness (QED) is 0.846. The van der Waals surface area contributed by atoms with Crippen LogP contribution in [0.15, 0.2) is 18.5 Å². The van der Waals surface area contributed by atoms with Gasteiger partial charge in [-0.2, -0.15) is 0 Å². The fourth-order valence-electron chi connectivity index (χ4n) is 3.77. The molecule has 2 aliphatic rings. The Morgan fingerprint density at radius 3 is 2.79 bits per heavy atom. The lowest BCUT2D eigenvalue weighted by Gasteiger charge is -2.04. The van der Waals surface area contributed by atoms with Crippen LogP contribution in [0.25, 0.3) is 11.0 Å². The molecule has 2 atom stereocenters. The zero-order valence-electron chi connectivity index (χ0n) is 10.5. The van der Waals surface area contributed by atoms with Crippen LogP contribution < -0.4 is 0 Å². The van der Waals surface area contributed by atoms with Crippen molar-refractivity contribution < 1.29 is 4.79 Å². The summed E-state index contributed by atoms with van der Waals surface area (Å²) >= 11 is 6.21. The number of hydrogen-bond donors (Lipinski definition) is 1. The van der Waals surface area contributed by atoms with Gasteiger partial charge in [0.2, 0.25) is 0 Å². The van der Waals surface area contributed by atoms with Crippen LogP contribution >= 0.6 is 11.6 Å². The highest BCUT2D eigenvalue weighted by Gasteiger charge is 2.54. The van der Waals surface area contributed by atoms with E-state index in [1.54, 1.807) is 18.5 Å². The Kier molecular flexibility index (Phi) is 2.46. The number of fused-ring (bicyclic) bond motifs is 2. The number of carbonyl (C=O) groups excluding carboxylic acids is 1. The van der Waals surface area contributed by atoms with E-state index in [1.165, 1.54) is 25.7 Å². The number of aromatic amines is 1. The molecule has 98 valence electrons. The van der Waals surface area contributed by atoms with Gasteiger partial charge in [-0.25, -0.2) is 4.98 Å². The highest BCUT2D eigenvalue weighted by Crippen LogP contribution is 2.56. The molecule has 2 saturated carbocycles. The maximum atomic E-state index is 12.7. The first-order valence-corrected chi connectivity index (χ1v) is 7.31. The third-order valence-corrected chi connectivity index (χ3v) is 5.06. The second kappa shape index (κ2) is 4.07. The molecule has 0 spiro atoms. The van der Waals surface area contributed by atoms with Gasteiger partial charge < -0.3 is 4.98 Å². The van der Waals surface area contributed by atoms with E-state index in [-0.39, 0.29) is 11.7 Å². The van der Waals surface area contributed by atoms with Crippen molar-refractivity contribution in [1.82, 2.24) is 9.97 Å². The average molecular weight is 275 g/mol. The Morgan fingerprint density at radius 2 is 2.05 bits per heavy atom. The summed E-state index contributed by atoms with van der Waals surface area (Å²) in [6.45, 7) is 0. The van der Waals surface area contributed by atoms with Gasteiger partial charge in [0.15, 0.2) is 5.78 Å². The monoisotopic (exact) mass is 274 g/mol. The predicted octanol–water partition coefficient (Wildman–Crippen LogP) is 3.84. The first-order valence-electron chi connectivity index (χ1n) is 6.93. The molecule has 3 nitrogen and oxygen atoms in total. The minimum absolute atomic E-state index is 0.234. The molecule has 0 aromatic carbocycles. The van der Waals surface area contributed by atoms with Crippen LogP contribution in [0.1, 0.15) is 36.0 Å². The topological polar surface area (TPSA) is 45.8 Å². The van der Waals surface area contributed by atoms with Crippen molar-refractivity contribution in [2.24, 2.45) is 17.8 Å². The molecule has 0 aliphatic heterocycles. The molecule has 2 aromatic rings. The number of nitrogens with one attached hydrogen (secondary N) is 1. The van der Waals surface area contributed by atoms with Crippen LogP contribution in [0.5, 0.6) is 0 Å². The van der Waals surface area contributed by atoms with E-state index < -0.39 is 0 Å². The van der Waals surface area contributed by atoms with Gasteiger partial charge in [0.05, 0.1) is 5.02 Å². The van der Waals surface area contributed by atoms with Crippen LogP contribution in [0.2, 0.25) is 5.02 Å². The molecule has 2 aliphatic carbocycles. The Bertz CT molecular complexity index is 651. The number of nitrogens with zero attached hydrogens (tertiary/aromatic N) is 1. The molecular weight excluding hydrogens is 260 g/mol. The molecule has 19 heavy (non-hydrogen) atoms. The molecule has 0 saturated heterocycles. The summed E-state index contributed by atoms with van der Waals surface area (Å²) in [5, 5.41) is 1.40. The van der Waals surface area contributed by atoms with E-state index >= 15 is 0 Å². The second-order valence-electron chi connectivity index (χ2n) is 5.72. The summed E-state index contributed by atoms with van der Waals surface area (Å²) in [5.41, 5.74) is 1.44. The number of rotatable bonds is 2. The van der Waals surface area contributed by atoms with Crippen LogP contribution in [-0.4, -0.2) is 15.8 Å². The first-order chi connectivity index (χ1) is 9.27. The lowest BCUT2D eigenvalue weighted by atomic mass is 10.0. The Balaban J connectivity index is 1.73. The van der Waals surface area contributed by atoms with Gasteiger partial charge in [-0.1, -0.05) is 24.4 Å². The molecule has 2 heterocycles. The van der Waals surface area contributed by atoms with E-state index in [0.717, 1.165) is 10.9 Å². The van der Waals surface area contributed by atoms with Crippen molar-refractivity contribution in [3.8, 4) is 0 Å². The minimum atomic E-state index is 0.234. The highest BCUT2D eigenvalue weighted by molar-refractivity contribution is 6.36. The fraction of sp³-hybridized carbons (Fsp3) is 0.467. The number of ketones is 1. The van der Waals surface area contributed by atoms with Gasteiger partial charge in [0.1, 0.15) is 5.65 Å². The lowest BCUT2D eigenvalue weighted by Crippen LogP contribution is -2.03. The van der Waals surface area contributed by atoms with Gasteiger partial charge in [-0.3, -0.25) is 4.79 Å². The van der Waals surface area contributed by atoms with Crippen molar-refractivity contribution in [2.75, 3.05) is 0 Å². The Labute approximate surface area is 116 Å². The van der Waals surface area contributed by atoms with E-state index in [4.69, 9.17) is 11.6 Å². The number of aromatic nitrogens is 2. The number of pyridine rings is 1. The first kappa shape index (κ1) is 11.5. The van der Waals surface area contributed by atoms with E-state index in [1.807, 2.05) is 0 Å². The van der Waals surface area contributed by atoms with Crippen LogP contribution in [-0.2, 0) is 0 Å². The van der Waals surface area contributed by atoms with Gasteiger partial charge in [-0.15, -0.1) is 0 Å². The minimum Gasteiger partial charge on any atom is -0.345 e. The number of halogens is 1. The summed E-state index contributed by atoms with van der Waals surface area (Å²) in [4.78, 5) is 20.0. The van der Waals surface area contributed by atoms with Crippen LogP contribution in [0.4, 0.5) is 0 Å². The standard InChI is InChI=1S/C15H15ClN2O/c16-11-5-6-17-15-13(11)10(7-18-15)14(19)12-8-3-1-2-4-9(8)12/h5-9,12H,1-4H2,(H,17,18). The number of H-pyrrole nitrogens is 1. The molecule has 1 N–H and O–H groups in total. The van der Waals surface area contributed by atoms with Crippen molar-refractivity contribution in [3.63, 3.8) is 0 Å². The van der Waals surface area contributed by atoms with Crippen molar-refractivity contribution in [3.05, 3.63) is 29.0 Å². The normalized spacial score (nSPS) is 29.2. The third kappa shape index (κ3) is 1.64.